The van der Waals surface area contributed by atoms with Crippen molar-refractivity contribution >= 4 is 49.8 Å². The van der Waals surface area contributed by atoms with Crippen molar-refractivity contribution in [2.24, 2.45) is 5.10 Å². The van der Waals surface area contributed by atoms with Crippen LogP contribution in [0.3, 0.4) is 0 Å². The van der Waals surface area contributed by atoms with Crippen molar-refractivity contribution in [3.05, 3.63) is 100 Å². The van der Waals surface area contributed by atoms with E-state index in [1.165, 1.54) is 6.21 Å². The van der Waals surface area contributed by atoms with Gasteiger partial charge in [-0.2, -0.15) is 5.10 Å². The molecule has 8 heteroatoms. The molecule has 198 valence electrons. The third kappa shape index (κ3) is 6.07. The first-order valence-electron chi connectivity index (χ1n) is 12.6. The van der Waals surface area contributed by atoms with Crippen LogP contribution in [0.4, 0.5) is 0 Å². The molecule has 0 saturated carbocycles. The number of hydrazone groups is 1. The van der Waals surface area contributed by atoms with Gasteiger partial charge in [0.25, 0.3) is 0 Å². The van der Waals surface area contributed by atoms with Crippen molar-refractivity contribution in [2.75, 3.05) is 13.2 Å². The highest BCUT2D eigenvalue weighted by molar-refractivity contribution is 9.10. The van der Waals surface area contributed by atoms with Crippen LogP contribution < -0.4 is 19.6 Å². The van der Waals surface area contributed by atoms with Gasteiger partial charge in [0, 0.05) is 15.4 Å². The van der Waals surface area contributed by atoms with Crippen molar-refractivity contribution in [3.63, 3.8) is 0 Å². The molecular formula is C31H27BrN2O5. The number of ether oxygens (including phenoxy) is 3. The van der Waals surface area contributed by atoms with Crippen molar-refractivity contribution < 1.29 is 23.4 Å². The van der Waals surface area contributed by atoms with Gasteiger partial charge in [0.1, 0.15) is 17.9 Å². The highest BCUT2D eigenvalue weighted by Gasteiger charge is 2.14. The highest BCUT2D eigenvalue weighted by atomic mass is 79.9. The van der Waals surface area contributed by atoms with Gasteiger partial charge in [0.15, 0.2) is 17.3 Å². The first kappa shape index (κ1) is 26.3. The first-order valence-corrected chi connectivity index (χ1v) is 13.4. The number of hydrogen-bond donors (Lipinski definition) is 1. The Hall–Kier alpha value is -4.30. The summed E-state index contributed by atoms with van der Waals surface area (Å²) in [6, 6.07) is 25.1. The second kappa shape index (κ2) is 12.0. The fourth-order valence-electron chi connectivity index (χ4n) is 4.21. The molecule has 0 aliphatic heterocycles. The molecule has 0 radical (unpaired) electrons. The van der Waals surface area contributed by atoms with Gasteiger partial charge >= 0.3 is 5.91 Å². The van der Waals surface area contributed by atoms with Crippen molar-refractivity contribution in [1.29, 1.82) is 0 Å². The van der Waals surface area contributed by atoms with E-state index in [0.717, 1.165) is 31.9 Å². The molecule has 0 aliphatic rings. The monoisotopic (exact) mass is 586 g/mol. The van der Waals surface area contributed by atoms with Gasteiger partial charge in [-0.3, -0.25) is 4.79 Å². The minimum Gasteiger partial charge on any atom is -0.494 e. The minimum absolute atomic E-state index is 0.155. The van der Waals surface area contributed by atoms with Crippen molar-refractivity contribution in [1.82, 2.24) is 5.43 Å². The molecule has 39 heavy (non-hydrogen) atoms. The molecule has 0 bridgehead atoms. The SMILES string of the molecule is CCOc1ccc2oc(C(=O)N/N=C/c3cc(OCC)c(OCc4cccc5ccccc45)cc3Br)cc2c1. The Morgan fingerprint density at radius 2 is 1.69 bits per heavy atom. The second-order valence-corrected chi connectivity index (χ2v) is 9.48. The zero-order valence-corrected chi connectivity index (χ0v) is 23.2. The summed E-state index contributed by atoms with van der Waals surface area (Å²) in [5, 5.41) is 7.21. The summed E-state index contributed by atoms with van der Waals surface area (Å²) < 4.78 is 23.9. The van der Waals surface area contributed by atoms with E-state index < -0.39 is 5.91 Å². The quantitative estimate of drug-likeness (QED) is 0.135. The third-order valence-corrected chi connectivity index (χ3v) is 6.71. The van der Waals surface area contributed by atoms with Gasteiger partial charge < -0.3 is 18.6 Å². The Labute approximate surface area is 234 Å². The van der Waals surface area contributed by atoms with E-state index in [0.29, 0.717) is 42.5 Å². The number of hydrogen-bond acceptors (Lipinski definition) is 6. The standard InChI is InChI=1S/C31H27BrN2O5/c1-3-36-24-12-13-27-22(14-24)15-30(39-27)31(35)34-33-18-23-16-28(37-4-2)29(17-26(23)32)38-19-21-10-7-9-20-8-5-6-11-25(20)21/h5-18H,3-4,19H2,1-2H3,(H,34,35)/b33-18+. The van der Waals surface area contributed by atoms with E-state index in [-0.39, 0.29) is 5.76 Å². The number of carbonyl (C=O) groups is 1. The number of amides is 1. The van der Waals surface area contributed by atoms with Crippen LogP contribution in [-0.2, 0) is 6.61 Å². The fraction of sp³-hybridized carbons (Fsp3) is 0.161. The molecule has 0 aliphatic carbocycles. The van der Waals surface area contributed by atoms with Gasteiger partial charge in [-0.05, 0) is 82.5 Å². The largest absolute Gasteiger partial charge is 0.494 e. The van der Waals surface area contributed by atoms with Gasteiger partial charge in [0.05, 0.1) is 19.4 Å². The molecule has 7 nitrogen and oxygen atoms in total. The normalized spacial score (nSPS) is 11.3. The van der Waals surface area contributed by atoms with E-state index in [4.69, 9.17) is 18.6 Å². The number of benzene rings is 4. The molecule has 1 heterocycles. The lowest BCUT2D eigenvalue weighted by Crippen LogP contribution is -2.16. The Bertz CT molecular complexity index is 1660. The maximum Gasteiger partial charge on any atom is 0.307 e. The zero-order chi connectivity index (χ0) is 27.2. The number of nitrogens with one attached hydrogen (secondary N) is 1. The summed E-state index contributed by atoms with van der Waals surface area (Å²) in [7, 11) is 0. The Morgan fingerprint density at radius 1 is 0.897 bits per heavy atom. The maximum atomic E-state index is 12.6. The van der Waals surface area contributed by atoms with Gasteiger partial charge in [-0.1, -0.05) is 42.5 Å². The average Bonchev–Trinajstić information content (AvgIpc) is 3.38. The zero-order valence-electron chi connectivity index (χ0n) is 21.6. The molecule has 5 aromatic rings. The molecule has 4 aromatic carbocycles. The highest BCUT2D eigenvalue weighted by Crippen LogP contribution is 2.34. The predicted molar refractivity (Wildman–Crippen MR) is 156 cm³/mol. The molecule has 1 aromatic heterocycles. The van der Waals surface area contributed by atoms with Gasteiger partial charge in [-0.25, -0.2) is 5.43 Å². The molecule has 0 atom stereocenters. The van der Waals surface area contributed by atoms with Crippen LogP contribution in [0.1, 0.15) is 35.5 Å². The third-order valence-electron chi connectivity index (χ3n) is 6.02. The minimum atomic E-state index is -0.461. The van der Waals surface area contributed by atoms with Crippen LogP contribution in [-0.4, -0.2) is 25.3 Å². The number of halogens is 1. The smallest absolute Gasteiger partial charge is 0.307 e. The lowest BCUT2D eigenvalue weighted by atomic mass is 10.1. The van der Waals surface area contributed by atoms with Crippen molar-refractivity contribution in [2.45, 2.75) is 20.5 Å². The van der Waals surface area contributed by atoms with Crippen LogP contribution in [0.15, 0.2) is 92.9 Å². The fourth-order valence-corrected chi connectivity index (χ4v) is 4.63. The molecule has 0 saturated heterocycles. The molecule has 5 rings (SSSR count). The predicted octanol–water partition coefficient (Wildman–Crippen LogP) is 7.49. The Balaban J connectivity index is 1.29. The van der Waals surface area contributed by atoms with E-state index in [9.17, 15) is 4.79 Å². The summed E-state index contributed by atoms with van der Waals surface area (Å²) in [6.45, 7) is 5.25. The summed E-state index contributed by atoms with van der Waals surface area (Å²) >= 11 is 3.58. The second-order valence-electron chi connectivity index (χ2n) is 8.62. The van der Waals surface area contributed by atoms with E-state index >= 15 is 0 Å². The Kier molecular flexibility index (Phi) is 8.13. The van der Waals surface area contributed by atoms with Crippen LogP contribution in [0.25, 0.3) is 21.7 Å². The van der Waals surface area contributed by atoms with E-state index in [1.54, 1.807) is 18.2 Å². The van der Waals surface area contributed by atoms with Gasteiger partial charge in [-0.15, -0.1) is 0 Å². The summed E-state index contributed by atoms with van der Waals surface area (Å²) in [6.07, 6.45) is 1.54. The molecule has 0 fully saturated rings. The van der Waals surface area contributed by atoms with Crippen LogP contribution >= 0.6 is 15.9 Å². The lowest BCUT2D eigenvalue weighted by Gasteiger charge is -2.15. The molecule has 1 N–H and O–H groups in total. The molecule has 0 spiro atoms. The van der Waals surface area contributed by atoms with E-state index in [1.807, 2.05) is 50.2 Å². The van der Waals surface area contributed by atoms with Crippen LogP contribution in [0.5, 0.6) is 17.2 Å². The molecular weight excluding hydrogens is 560 g/mol. The number of nitrogens with zero attached hydrogens (tertiary/aromatic N) is 1. The Morgan fingerprint density at radius 3 is 2.54 bits per heavy atom. The maximum absolute atomic E-state index is 12.6. The summed E-state index contributed by atoms with van der Waals surface area (Å²) in [5.74, 6) is 1.59. The number of furan rings is 1. The summed E-state index contributed by atoms with van der Waals surface area (Å²) in [5.41, 5.74) is 4.90. The first-order chi connectivity index (χ1) is 19.1. The summed E-state index contributed by atoms with van der Waals surface area (Å²) in [4.78, 5) is 12.6. The topological polar surface area (TPSA) is 82.3 Å². The number of carbonyl (C=O) groups excluding carboxylic acids is 1. The number of rotatable bonds is 10. The van der Waals surface area contributed by atoms with E-state index in [2.05, 4.69) is 50.7 Å². The van der Waals surface area contributed by atoms with Crippen LogP contribution in [0, 0.1) is 0 Å². The van der Waals surface area contributed by atoms with Crippen molar-refractivity contribution in [3.8, 4) is 17.2 Å². The molecule has 0 unspecified atom stereocenters. The molecule has 1 amide bonds. The lowest BCUT2D eigenvalue weighted by molar-refractivity contribution is 0.0929. The van der Waals surface area contributed by atoms with Crippen LogP contribution in [0.2, 0.25) is 0 Å². The number of fused-ring (bicyclic) bond motifs is 2. The van der Waals surface area contributed by atoms with Gasteiger partial charge in [0.2, 0.25) is 0 Å². The average molecular weight is 587 g/mol.